The molecule has 0 radical (unpaired) electrons. The minimum Gasteiger partial charge on any atom is -0.394 e. The highest BCUT2D eigenvalue weighted by molar-refractivity contribution is 7.90. The number of nitrogens with zero attached hydrogens (tertiary/aromatic N) is 4. The number of benzene rings is 1. The normalized spacial score (nSPS) is 13.5. The van der Waals surface area contributed by atoms with Gasteiger partial charge in [-0.05, 0) is 48.4 Å². The third-order valence-electron chi connectivity index (χ3n) is 5.38. The summed E-state index contributed by atoms with van der Waals surface area (Å²) in [7, 11) is -3.61. The summed E-state index contributed by atoms with van der Waals surface area (Å²) in [6, 6.07) is 7.68. The van der Waals surface area contributed by atoms with Gasteiger partial charge in [-0.25, -0.2) is 22.5 Å². The van der Waals surface area contributed by atoms with E-state index >= 15 is 0 Å². The Morgan fingerprint density at radius 3 is 2.60 bits per heavy atom. The number of fused-ring (bicyclic) bond motifs is 1. The van der Waals surface area contributed by atoms with Gasteiger partial charge in [-0.2, -0.15) is 5.10 Å². The first-order chi connectivity index (χ1) is 16.7. The van der Waals surface area contributed by atoms with Crippen molar-refractivity contribution in [2.75, 3.05) is 12.9 Å². The summed E-state index contributed by atoms with van der Waals surface area (Å²) in [4.78, 5) is 21.3. The highest BCUT2D eigenvalue weighted by Crippen LogP contribution is 2.24. The number of aliphatic hydroxyl groups is 2. The Morgan fingerprint density at radius 2 is 1.91 bits per heavy atom. The molecule has 1 aromatic carbocycles. The van der Waals surface area contributed by atoms with Gasteiger partial charge in [0.15, 0.2) is 14.9 Å². The number of hydrogen-bond donors (Lipinski definition) is 3. The van der Waals surface area contributed by atoms with Crippen molar-refractivity contribution in [3.8, 4) is 5.69 Å². The zero-order chi connectivity index (χ0) is 25.2. The molecule has 0 aliphatic heterocycles. The van der Waals surface area contributed by atoms with Crippen molar-refractivity contribution < 1.29 is 27.8 Å². The van der Waals surface area contributed by atoms with Gasteiger partial charge >= 0.3 is 0 Å². The van der Waals surface area contributed by atoms with Crippen molar-refractivity contribution in [3.63, 3.8) is 0 Å². The molecule has 0 bridgehead atoms. The van der Waals surface area contributed by atoms with Crippen LogP contribution in [0, 0.1) is 5.82 Å². The molecule has 1 amide bonds. The monoisotopic (exact) mass is 499 g/mol. The van der Waals surface area contributed by atoms with Crippen molar-refractivity contribution in [1.29, 1.82) is 0 Å². The Balaban J connectivity index is 1.69. The van der Waals surface area contributed by atoms with Gasteiger partial charge in [0.2, 0.25) is 0 Å². The molecule has 182 valence electrons. The van der Waals surface area contributed by atoms with Crippen molar-refractivity contribution in [2.24, 2.45) is 0 Å². The van der Waals surface area contributed by atoms with Gasteiger partial charge in [-0.15, -0.1) is 0 Å². The van der Waals surface area contributed by atoms with E-state index in [1.54, 1.807) is 12.1 Å². The van der Waals surface area contributed by atoms with E-state index in [2.05, 4.69) is 20.4 Å². The zero-order valence-electron chi connectivity index (χ0n) is 18.5. The molecule has 2 atom stereocenters. The third-order valence-corrected chi connectivity index (χ3v) is 6.36. The molecule has 12 heteroatoms. The smallest absolute Gasteiger partial charge is 0.254 e. The van der Waals surface area contributed by atoms with E-state index in [4.69, 9.17) is 0 Å². The number of amides is 1. The minimum atomic E-state index is -3.61. The summed E-state index contributed by atoms with van der Waals surface area (Å²) < 4.78 is 38.7. The van der Waals surface area contributed by atoms with Crippen LogP contribution in [0.25, 0.3) is 16.6 Å². The van der Waals surface area contributed by atoms with E-state index in [0.29, 0.717) is 22.2 Å². The molecule has 0 saturated carbocycles. The molecule has 0 saturated heterocycles. The number of aromatic nitrogens is 4. The molecule has 35 heavy (non-hydrogen) atoms. The summed E-state index contributed by atoms with van der Waals surface area (Å²) >= 11 is 0. The summed E-state index contributed by atoms with van der Waals surface area (Å²) in [5.74, 6) is -0.940. The second-order valence-electron chi connectivity index (χ2n) is 7.95. The Bertz CT molecular complexity index is 1470. The summed E-state index contributed by atoms with van der Waals surface area (Å²) in [6.45, 7) is -0.544. The maximum atomic E-state index is 13.3. The second kappa shape index (κ2) is 9.86. The minimum absolute atomic E-state index is 0.0757. The van der Waals surface area contributed by atoms with E-state index in [9.17, 15) is 27.8 Å². The molecular weight excluding hydrogens is 477 g/mol. The van der Waals surface area contributed by atoms with Crippen LogP contribution in [-0.2, 0) is 9.84 Å². The fourth-order valence-electron chi connectivity index (χ4n) is 3.62. The van der Waals surface area contributed by atoms with Crippen molar-refractivity contribution >= 4 is 26.6 Å². The number of aliphatic hydroxyl groups excluding tert-OH is 2. The van der Waals surface area contributed by atoms with E-state index in [1.807, 2.05) is 0 Å². The van der Waals surface area contributed by atoms with Gasteiger partial charge in [0.25, 0.3) is 5.91 Å². The lowest BCUT2D eigenvalue weighted by Crippen LogP contribution is -2.32. The quantitative estimate of drug-likeness (QED) is 0.331. The molecule has 0 spiro atoms. The Labute approximate surface area is 200 Å². The molecule has 4 aromatic rings. The first-order valence-electron chi connectivity index (χ1n) is 10.5. The number of rotatable bonds is 8. The van der Waals surface area contributed by atoms with Crippen LogP contribution in [0.15, 0.2) is 66.2 Å². The van der Waals surface area contributed by atoms with Crippen LogP contribution >= 0.6 is 0 Å². The van der Waals surface area contributed by atoms with Crippen LogP contribution in [0.3, 0.4) is 0 Å². The first-order valence-corrected chi connectivity index (χ1v) is 12.4. The fourth-order valence-corrected chi connectivity index (χ4v) is 4.22. The summed E-state index contributed by atoms with van der Waals surface area (Å²) in [5.41, 5.74) is 1.68. The number of carbonyl (C=O) groups excluding carboxylic acids is 1. The van der Waals surface area contributed by atoms with Crippen LogP contribution in [0.1, 0.15) is 28.4 Å². The topological polar surface area (TPSA) is 147 Å². The van der Waals surface area contributed by atoms with Crippen LogP contribution in [0.5, 0.6) is 0 Å². The SMILES string of the molecule is CS(=O)(=O)c1cc([C@H](CC(O)CO)NC(=O)c2cncc3c2cnn3-c2ccc(F)cc2)ccn1. The zero-order valence-corrected chi connectivity index (χ0v) is 19.4. The highest BCUT2D eigenvalue weighted by Gasteiger charge is 2.23. The molecule has 3 heterocycles. The average Bonchev–Trinajstić information content (AvgIpc) is 3.27. The molecule has 4 rings (SSSR count). The highest BCUT2D eigenvalue weighted by atomic mass is 32.2. The molecular formula is C23H22FN5O5S. The lowest BCUT2D eigenvalue weighted by Gasteiger charge is -2.22. The molecule has 1 unspecified atom stereocenters. The second-order valence-corrected chi connectivity index (χ2v) is 9.91. The van der Waals surface area contributed by atoms with Gasteiger partial charge < -0.3 is 15.5 Å². The number of nitrogens with one attached hydrogen (secondary N) is 1. The van der Waals surface area contributed by atoms with Crippen molar-refractivity contribution in [3.05, 3.63) is 78.1 Å². The lowest BCUT2D eigenvalue weighted by molar-refractivity contribution is 0.0740. The predicted octanol–water partition coefficient (Wildman–Crippen LogP) is 1.57. The van der Waals surface area contributed by atoms with Crippen LogP contribution < -0.4 is 5.32 Å². The standard InChI is InChI=1S/C23H22FN5O5S/c1-35(33,34)22-8-14(6-7-26-22)20(9-17(31)13-30)28-23(32)19-10-25-12-21-18(19)11-27-29(21)16-4-2-15(24)3-5-16/h2-8,10-12,17,20,30-31H,9,13H2,1H3,(H,28,32)/t17?,20-/m0/s1. The molecule has 10 nitrogen and oxygen atoms in total. The number of halogens is 1. The molecule has 0 aliphatic carbocycles. The number of pyridine rings is 2. The van der Waals surface area contributed by atoms with Crippen LogP contribution in [0.2, 0.25) is 0 Å². The van der Waals surface area contributed by atoms with Gasteiger partial charge in [0.1, 0.15) is 5.82 Å². The number of hydrogen-bond acceptors (Lipinski definition) is 8. The number of carbonyl (C=O) groups is 1. The van der Waals surface area contributed by atoms with Gasteiger partial charge in [0, 0.05) is 24.0 Å². The Hall–Kier alpha value is -3.74. The van der Waals surface area contributed by atoms with E-state index in [0.717, 1.165) is 6.26 Å². The molecule has 0 fully saturated rings. The van der Waals surface area contributed by atoms with E-state index in [-0.39, 0.29) is 17.0 Å². The molecule has 0 aliphatic rings. The largest absolute Gasteiger partial charge is 0.394 e. The number of sulfone groups is 1. The van der Waals surface area contributed by atoms with Crippen LogP contribution in [0.4, 0.5) is 4.39 Å². The Morgan fingerprint density at radius 1 is 1.17 bits per heavy atom. The predicted molar refractivity (Wildman–Crippen MR) is 124 cm³/mol. The van der Waals surface area contributed by atoms with E-state index in [1.165, 1.54) is 53.7 Å². The maximum Gasteiger partial charge on any atom is 0.254 e. The Kier molecular flexibility index (Phi) is 6.87. The molecule has 3 N–H and O–H groups in total. The van der Waals surface area contributed by atoms with Crippen molar-refractivity contribution in [1.82, 2.24) is 25.1 Å². The van der Waals surface area contributed by atoms with Crippen LogP contribution in [-0.4, -0.2) is 63.3 Å². The third kappa shape index (κ3) is 5.34. The van der Waals surface area contributed by atoms with Gasteiger partial charge in [-0.3, -0.25) is 9.78 Å². The summed E-state index contributed by atoms with van der Waals surface area (Å²) in [5, 5.41) is 26.7. The van der Waals surface area contributed by atoms with Gasteiger partial charge in [0.05, 0.1) is 47.9 Å². The summed E-state index contributed by atoms with van der Waals surface area (Å²) in [6.07, 6.45) is 5.45. The van der Waals surface area contributed by atoms with Gasteiger partial charge in [-0.1, -0.05) is 0 Å². The molecule has 3 aromatic heterocycles. The fraction of sp³-hybridized carbons (Fsp3) is 0.217. The maximum absolute atomic E-state index is 13.3. The first kappa shape index (κ1) is 24.4. The van der Waals surface area contributed by atoms with E-state index < -0.39 is 40.3 Å². The van der Waals surface area contributed by atoms with Crippen molar-refractivity contribution in [2.45, 2.75) is 23.6 Å². The lowest BCUT2D eigenvalue weighted by atomic mass is 10.0. The average molecular weight is 500 g/mol.